The highest BCUT2D eigenvalue weighted by molar-refractivity contribution is 6.10. The number of morpholine rings is 1. The van der Waals surface area contributed by atoms with E-state index in [1.165, 1.54) is 22.0 Å². The summed E-state index contributed by atoms with van der Waals surface area (Å²) in [4.78, 5) is 31.6. The number of hydrogen-bond donors (Lipinski definition) is 3. The number of aromatic nitrogens is 3. The van der Waals surface area contributed by atoms with Crippen molar-refractivity contribution >= 4 is 22.7 Å². The first-order valence-corrected chi connectivity index (χ1v) is 13.0. The standard InChI is InChI=1S/C29H29F3N6O3/c1-36-17-24(22-13-25(35-27(22)28(36)40)20(15-33)16-34-29(30,31)32)21-14-26(39)38(8-7-37-9-11-41-12-10-37)18-23(21)19-5-3-2-4-6-19/h2-6,13-18,33-35H,7-12H2,1H3/b20-16+,33-15?. The topological polar surface area (TPSA) is 108 Å². The third-order valence-electron chi connectivity index (χ3n) is 7.08. The van der Waals surface area contributed by atoms with E-state index in [4.69, 9.17) is 10.1 Å². The summed E-state index contributed by atoms with van der Waals surface area (Å²) in [5.41, 5.74) is 2.31. The molecule has 1 saturated heterocycles. The van der Waals surface area contributed by atoms with Gasteiger partial charge in [-0.2, -0.15) is 13.2 Å². The van der Waals surface area contributed by atoms with E-state index in [1.54, 1.807) is 17.8 Å². The van der Waals surface area contributed by atoms with Crippen LogP contribution in [0.1, 0.15) is 5.69 Å². The molecule has 3 N–H and O–H groups in total. The molecule has 41 heavy (non-hydrogen) atoms. The number of aryl methyl sites for hydroxylation is 1. The Bertz CT molecular complexity index is 1710. The molecule has 0 radical (unpaired) electrons. The zero-order valence-electron chi connectivity index (χ0n) is 22.3. The van der Waals surface area contributed by atoms with Gasteiger partial charge in [-0.1, -0.05) is 30.3 Å². The van der Waals surface area contributed by atoms with Crippen LogP contribution in [-0.2, 0) is 18.3 Å². The molecule has 1 aliphatic heterocycles. The average molecular weight is 567 g/mol. The molecule has 0 aliphatic carbocycles. The molecule has 1 aliphatic rings. The van der Waals surface area contributed by atoms with E-state index in [2.05, 4.69) is 9.88 Å². The van der Waals surface area contributed by atoms with Crippen molar-refractivity contribution in [1.29, 1.82) is 5.41 Å². The molecule has 0 unspecified atom stereocenters. The zero-order chi connectivity index (χ0) is 29.1. The fourth-order valence-corrected chi connectivity index (χ4v) is 4.95. The summed E-state index contributed by atoms with van der Waals surface area (Å²) in [7, 11) is 1.57. The second kappa shape index (κ2) is 11.6. The first kappa shape index (κ1) is 28.1. The van der Waals surface area contributed by atoms with E-state index in [0.29, 0.717) is 49.0 Å². The number of fused-ring (bicyclic) bond motifs is 1. The van der Waals surface area contributed by atoms with Crippen molar-refractivity contribution in [2.75, 3.05) is 32.8 Å². The molecule has 0 amide bonds. The van der Waals surface area contributed by atoms with Gasteiger partial charge in [0.25, 0.3) is 11.1 Å². The van der Waals surface area contributed by atoms with E-state index >= 15 is 0 Å². The molecule has 9 nitrogen and oxygen atoms in total. The number of rotatable bonds is 8. The van der Waals surface area contributed by atoms with E-state index in [0.717, 1.165) is 30.4 Å². The summed E-state index contributed by atoms with van der Waals surface area (Å²) < 4.78 is 46.8. The minimum absolute atomic E-state index is 0.103. The Labute approximate surface area is 233 Å². The number of H-pyrrole nitrogens is 1. The highest BCUT2D eigenvalue weighted by Gasteiger charge is 2.25. The van der Waals surface area contributed by atoms with Gasteiger partial charge in [-0.15, -0.1) is 0 Å². The van der Waals surface area contributed by atoms with Crippen molar-refractivity contribution in [3.63, 3.8) is 0 Å². The van der Waals surface area contributed by atoms with Crippen LogP contribution in [0.25, 0.3) is 38.7 Å². The second-order valence-corrected chi connectivity index (χ2v) is 9.77. The molecule has 1 aromatic carbocycles. The van der Waals surface area contributed by atoms with E-state index in [1.807, 2.05) is 36.5 Å². The third kappa shape index (κ3) is 6.18. The zero-order valence-corrected chi connectivity index (χ0v) is 22.3. The molecule has 0 atom stereocenters. The van der Waals surface area contributed by atoms with Gasteiger partial charge in [0.2, 0.25) is 0 Å². The SMILES string of the molecule is Cn1cc(-c2cc(=O)n(CCN3CCOCC3)cc2-c2ccccc2)c2cc(/C(C=N)=C/NC(F)(F)F)[nH]c2c1=O. The summed E-state index contributed by atoms with van der Waals surface area (Å²) in [6.45, 7) is 4.09. The van der Waals surface area contributed by atoms with Crippen LogP contribution < -0.4 is 16.4 Å². The number of nitrogens with one attached hydrogen (secondary N) is 3. The second-order valence-electron chi connectivity index (χ2n) is 9.77. The molecule has 4 heterocycles. The summed E-state index contributed by atoms with van der Waals surface area (Å²) >= 11 is 0. The first-order valence-electron chi connectivity index (χ1n) is 13.0. The largest absolute Gasteiger partial charge is 0.481 e. The maximum absolute atomic E-state index is 13.4. The van der Waals surface area contributed by atoms with Gasteiger partial charge in [0.1, 0.15) is 5.52 Å². The highest BCUT2D eigenvalue weighted by Crippen LogP contribution is 2.35. The minimum Gasteiger partial charge on any atom is -0.379 e. The Kier molecular flexibility index (Phi) is 7.95. The van der Waals surface area contributed by atoms with Crippen LogP contribution in [0.2, 0.25) is 0 Å². The van der Waals surface area contributed by atoms with Gasteiger partial charge in [-0.3, -0.25) is 14.5 Å². The van der Waals surface area contributed by atoms with Crippen molar-refractivity contribution in [3.8, 4) is 22.3 Å². The van der Waals surface area contributed by atoms with E-state index in [9.17, 15) is 22.8 Å². The quantitative estimate of drug-likeness (QED) is 0.222. The molecule has 5 rings (SSSR count). The lowest BCUT2D eigenvalue weighted by Gasteiger charge is -2.26. The summed E-state index contributed by atoms with van der Waals surface area (Å²) in [5, 5.41) is 9.36. The van der Waals surface area contributed by atoms with Crippen LogP contribution in [0, 0.1) is 5.41 Å². The number of halogens is 3. The average Bonchev–Trinajstić information content (AvgIpc) is 3.40. The molecular formula is C29H29F3N6O3. The monoisotopic (exact) mass is 566 g/mol. The molecule has 0 saturated carbocycles. The van der Waals surface area contributed by atoms with Gasteiger partial charge < -0.3 is 29.6 Å². The predicted molar refractivity (Wildman–Crippen MR) is 152 cm³/mol. The Morgan fingerprint density at radius 3 is 2.46 bits per heavy atom. The Morgan fingerprint density at radius 2 is 1.78 bits per heavy atom. The van der Waals surface area contributed by atoms with Crippen LogP contribution in [0.5, 0.6) is 0 Å². The minimum atomic E-state index is -4.68. The smallest absolute Gasteiger partial charge is 0.379 e. The number of aromatic amines is 1. The predicted octanol–water partition coefficient (Wildman–Crippen LogP) is 3.79. The fourth-order valence-electron chi connectivity index (χ4n) is 4.95. The maximum Gasteiger partial charge on any atom is 0.481 e. The fraction of sp³-hybridized carbons (Fsp3) is 0.276. The van der Waals surface area contributed by atoms with Crippen LogP contribution >= 0.6 is 0 Å². The van der Waals surface area contributed by atoms with E-state index < -0.39 is 11.9 Å². The van der Waals surface area contributed by atoms with Crippen molar-refractivity contribution in [2.24, 2.45) is 7.05 Å². The van der Waals surface area contributed by atoms with Crippen molar-refractivity contribution < 1.29 is 17.9 Å². The number of hydrogen-bond acceptors (Lipinski definition) is 6. The van der Waals surface area contributed by atoms with Gasteiger partial charge in [0.15, 0.2) is 0 Å². The molecule has 12 heteroatoms. The van der Waals surface area contributed by atoms with Crippen molar-refractivity contribution in [1.82, 2.24) is 24.3 Å². The number of alkyl halides is 3. The molecule has 0 bridgehead atoms. The highest BCUT2D eigenvalue weighted by atomic mass is 19.4. The number of ether oxygens (including phenoxy) is 1. The number of benzene rings is 1. The van der Waals surface area contributed by atoms with Gasteiger partial charge in [0, 0.05) is 91.9 Å². The molecule has 1 fully saturated rings. The number of nitrogens with zero attached hydrogens (tertiary/aromatic N) is 3. The lowest BCUT2D eigenvalue weighted by atomic mass is 9.95. The molecule has 4 aromatic rings. The van der Waals surface area contributed by atoms with Crippen molar-refractivity contribution in [3.05, 3.63) is 87.5 Å². The van der Waals surface area contributed by atoms with Gasteiger partial charge >= 0.3 is 6.30 Å². The Hall–Kier alpha value is -4.42. The van der Waals surface area contributed by atoms with Crippen LogP contribution in [0.15, 0.2) is 70.6 Å². The lowest BCUT2D eigenvalue weighted by Crippen LogP contribution is -2.39. The molecular weight excluding hydrogens is 537 g/mol. The summed E-state index contributed by atoms with van der Waals surface area (Å²) in [6, 6.07) is 12.6. The summed E-state index contributed by atoms with van der Waals surface area (Å²) in [5.74, 6) is 0. The number of allylic oxidation sites excluding steroid dienone is 1. The Balaban J connectivity index is 1.66. The van der Waals surface area contributed by atoms with Crippen LogP contribution in [-0.4, -0.2) is 64.4 Å². The molecule has 3 aromatic heterocycles. The van der Waals surface area contributed by atoms with Gasteiger partial charge in [0.05, 0.1) is 13.2 Å². The van der Waals surface area contributed by atoms with Gasteiger partial charge in [-0.25, -0.2) is 0 Å². The van der Waals surface area contributed by atoms with Gasteiger partial charge in [-0.05, 0) is 17.2 Å². The van der Waals surface area contributed by atoms with Crippen LogP contribution in [0.4, 0.5) is 13.2 Å². The van der Waals surface area contributed by atoms with E-state index in [-0.39, 0.29) is 22.3 Å². The molecule has 0 spiro atoms. The third-order valence-corrected chi connectivity index (χ3v) is 7.08. The molecule has 214 valence electrons. The lowest BCUT2D eigenvalue weighted by molar-refractivity contribution is -0.146. The first-order chi connectivity index (χ1) is 19.6. The maximum atomic E-state index is 13.4. The summed E-state index contributed by atoms with van der Waals surface area (Å²) in [6.07, 6.45) is 0.168. The van der Waals surface area contributed by atoms with Crippen molar-refractivity contribution in [2.45, 2.75) is 12.8 Å². The normalized spacial score (nSPS) is 14.9. The van der Waals surface area contributed by atoms with Crippen LogP contribution in [0.3, 0.4) is 0 Å². The Morgan fingerprint density at radius 1 is 1.05 bits per heavy atom. The number of pyridine rings is 2.